The number of rotatable bonds is 2. The van der Waals surface area contributed by atoms with Gasteiger partial charge in [0.25, 0.3) is 0 Å². The van der Waals surface area contributed by atoms with Gasteiger partial charge in [-0.15, -0.1) is 0 Å². The lowest BCUT2D eigenvalue weighted by molar-refractivity contribution is 0.0585. The molecule has 1 heterocycles. The second kappa shape index (κ2) is 5.22. The summed E-state index contributed by atoms with van der Waals surface area (Å²) in [5, 5.41) is 9.47. The van der Waals surface area contributed by atoms with Gasteiger partial charge < -0.3 is 5.11 Å². The summed E-state index contributed by atoms with van der Waals surface area (Å²) < 4.78 is 24.3. The van der Waals surface area contributed by atoms with Gasteiger partial charge in [-0.3, -0.25) is 4.90 Å². The van der Waals surface area contributed by atoms with Crippen LogP contribution in [0.3, 0.4) is 0 Å². The van der Waals surface area contributed by atoms with Crippen LogP contribution in [-0.4, -0.2) is 67.3 Å². The maximum absolute atomic E-state index is 11.4. The number of nitrogens with zero attached hydrogens (tertiary/aromatic N) is 2. The molecule has 1 aliphatic carbocycles. The fourth-order valence-corrected chi connectivity index (χ4v) is 3.65. The van der Waals surface area contributed by atoms with Crippen molar-refractivity contribution in [2.45, 2.75) is 37.8 Å². The van der Waals surface area contributed by atoms with Crippen molar-refractivity contribution in [3.05, 3.63) is 0 Å². The molecule has 1 saturated carbocycles. The molecule has 6 heteroatoms. The molecular weight excluding hydrogens is 240 g/mol. The number of hydrogen-bond acceptors (Lipinski definition) is 4. The maximum atomic E-state index is 11.4. The molecule has 2 aliphatic rings. The van der Waals surface area contributed by atoms with Crippen LogP contribution < -0.4 is 0 Å². The second-order valence-electron chi connectivity index (χ2n) is 5.16. The van der Waals surface area contributed by atoms with Gasteiger partial charge in [0.15, 0.2) is 0 Å². The van der Waals surface area contributed by atoms with Crippen LogP contribution in [-0.2, 0) is 10.0 Å². The second-order valence-corrected chi connectivity index (χ2v) is 7.14. The molecule has 0 bridgehead atoms. The minimum Gasteiger partial charge on any atom is -0.393 e. The van der Waals surface area contributed by atoms with Gasteiger partial charge in [0.05, 0.1) is 12.4 Å². The maximum Gasteiger partial charge on any atom is 0.211 e. The lowest BCUT2D eigenvalue weighted by atomic mass is 9.92. The third-order valence-corrected chi connectivity index (χ3v) is 5.23. The number of piperazine rings is 1. The van der Waals surface area contributed by atoms with Crippen LogP contribution in [0.1, 0.15) is 25.7 Å². The van der Waals surface area contributed by atoms with E-state index in [0.717, 1.165) is 38.8 Å². The Balaban J connectivity index is 1.83. The minimum absolute atomic E-state index is 0.122. The highest BCUT2D eigenvalue weighted by Gasteiger charge is 2.29. The largest absolute Gasteiger partial charge is 0.393 e. The first kappa shape index (κ1) is 13.3. The molecule has 0 radical (unpaired) electrons. The van der Waals surface area contributed by atoms with Gasteiger partial charge >= 0.3 is 0 Å². The first-order chi connectivity index (χ1) is 7.97. The quantitative estimate of drug-likeness (QED) is 0.753. The Kier molecular flexibility index (Phi) is 4.07. The van der Waals surface area contributed by atoms with Crippen molar-refractivity contribution >= 4 is 10.0 Å². The molecule has 100 valence electrons. The molecule has 1 N–H and O–H groups in total. The summed E-state index contributed by atoms with van der Waals surface area (Å²) in [6, 6.07) is 0.542. The standard InChI is InChI=1S/C11H22N2O3S/c1-17(15,16)13-8-6-12(7-9-13)10-2-4-11(14)5-3-10/h10-11,14H,2-9H2,1H3. The highest BCUT2D eigenvalue weighted by Crippen LogP contribution is 2.24. The van der Waals surface area contributed by atoms with E-state index in [4.69, 9.17) is 0 Å². The average Bonchev–Trinajstić information content (AvgIpc) is 2.29. The van der Waals surface area contributed by atoms with Crippen molar-refractivity contribution in [1.29, 1.82) is 0 Å². The van der Waals surface area contributed by atoms with Gasteiger partial charge in [-0.05, 0) is 25.7 Å². The smallest absolute Gasteiger partial charge is 0.211 e. The Bertz CT molecular complexity index is 342. The predicted octanol–water partition coefficient (Wildman–Crippen LogP) is -0.133. The Morgan fingerprint density at radius 3 is 2.00 bits per heavy atom. The Hall–Kier alpha value is -0.170. The van der Waals surface area contributed by atoms with Crippen LogP contribution in [0, 0.1) is 0 Å². The number of hydrogen-bond donors (Lipinski definition) is 1. The lowest BCUT2D eigenvalue weighted by Gasteiger charge is -2.40. The first-order valence-corrected chi connectivity index (χ1v) is 8.19. The van der Waals surface area contributed by atoms with Crippen molar-refractivity contribution in [1.82, 2.24) is 9.21 Å². The van der Waals surface area contributed by atoms with Crippen molar-refractivity contribution in [3.63, 3.8) is 0 Å². The van der Waals surface area contributed by atoms with Crippen LogP contribution in [0.15, 0.2) is 0 Å². The summed E-state index contributed by atoms with van der Waals surface area (Å²) in [6.07, 6.45) is 5.01. The zero-order valence-electron chi connectivity index (χ0n) is 10.4. The molecule has 0 spiro atoms. The molecule has 0 atom stereocenters. The fraction of sp³-hybridized carbons (Fsp3) is 1.00. The van der Waals surface area contributed by atoms with E-state index in [1.807, 2.05) is 0 Å². The molecule has 2 fully saturated rings. The van der Waals surface area contributed by atoms with Crippen molar-refractivity contribution in [2.75, 3.05) is 32.4 Å². The monoisotopic (exact) mass is 262 g/mol. The highest BCUT2D eigenvalue weighted by atomic mass is 32.2. The van der Waals surface area contributed by atoms with E-state index in [0.29, 0.717) is 19.1 Å². The van der Waals surface area contributed by atoms with E-state index in [9.17, 15) is 13.5 Å². The summed E-state index contributed by atoms with van der Waals surface area (Å²) in [4.78, 5) is 2.38. The summed E-state index contributed by atoms with van der Waals surface area (Å²) in [5.41, 5.74) is 0. The molecule has 0 aromatic heterocycles. The molecule has 0 amide bonds. The van der Waals surface area contributed by atoms with Crippen LogP contribution >= 0.6 is 0 Å². The van der Waals surface area contributed by atoms with Gasteiger partial charge in [-0.2, -0.15) is 4.31 Å². The summed E-state index contributed by atoms with van der Waals surface area (Å²) in [5.74, 6) is 0. The van der Waals surface area contributed by atoms with Gasteiger partial charge in [-0.25, -0.2) is 8.42 Å². The predicted molar refractivity (Wildman–Crippen MR) is 66.3 cm³/mol. The number of sulfonamides is 1. The molecule has 17 heavy (non-hydrogen) atoms. The Morgan fingerprint density at radius 2 is 1.53 bits per heavy atom. The van der Waals surface area contributed by atoms with Crippen LogP contribution in [0.2, 0.25) is 0 Å². The summed E-state index contributed by atoms with van der Waals surface area (Å²) in [7, 11) is -3.02. The molecule has 1 saturated heterocycles. The molecule has 0 aromatic carbocycles. The third-order valence-electron chi connectivity index (χ3n) is 3.92. The Morgan fingerprint density at radius 1 is 1.00 bits per heavy atom. The number of aliphatic hydroxyl groups excluding tert-OH is 1. The summed E-state index contributed by atoms with van der Waals surface area (Å²) >= 11 is 0. The zero-order chi connectivity index (χ0) is 12.5. The van der Waals surface area contributed by atoms with Crippen LogP contribution in [0.5, 0.6) is 0 Å². The molecule has 5 nitrogen and oxygen atoms in total. The molecule has 1 aliphatic heterocycles. The van der Waals surface area contributed by atoms with Crippen molar-refractivity contribution in [3.8, 4) is 0 Å². The zero-order valence-corrected chi connectivity index (χ0v) is 11.2. The van der Waals surface area contributed by atoms with E-state index >= 15 is 0 Å². The normalized spacial score (nSPS) is 33.8. The molecule has 0 unspecified atom stereocenters. The summed E-state index contributed by atoms with van der Waals surface area (Å²) in [6.45, 7) is 2.87. The van der Waals surface area contributed by atoms with Gasteiger partial charge in [0.2, 0.25) is 10.0 Å². The van der Waals surface area contributed by atoms with E-state index < -0.39 is 10.0 Å². The minimum atomic E-state index is -3.02. The molecular formula is C11H22N2O3S. The fourth-order valence-electron chi connectivity index (χ4n) is 2.82. The van der Waals surface area contributed by atoms with Gasteiger partial charge in [-0.1, -0.05) is 0 Å². The van der Waals surface area contributed by atoms with Crippen molar-refractivity contribution < 1.29 is 13.5 Å². The highest BCUT2D eigenvalue weighted by molar-refractivity contribution is 7.88. The van der Waals surface area contributed by atoms with Crippen molar-refractivity contribution in [2.24, 2.45) is 0 Å². The SMILES string of the molecule is CS(=O)(=O)N1CCN(C2CCC(O)CC2)CC1. The van der Waals surface area contributed by atoms with E-state index in [1.165, 1.54) is 6.26 Å². The van der Waals surface area contributed by atoms with Gasteiger partial charge in [0, 0.05) is 32.2 Å². The molecule has 2 rings (SSSR count). The topological polar surface area (TPSA) is 60.9 Å². The average molecular weight is 262 g/mol. The van der Waals surface area contributed by atoms with Crippen LogP contribution in [0.4, 0.5) is 0 Å². The first-order valence-electron chi connectivity index (χ1n) is 6.34. The van der Waals surface area contributed by atoms with Crippen LogP contribution in [0.25, 0.3) is 0 Å². The van der Waals surface area contributed by atoms with E-state index in [-0.39, 0.29) is 6.10 Å². The molecule has 0 aromatic rings. The van der Waals surface area contributed by atoms with E-state index in [1.54, 1.807) is 4.31 Å². The lowest BCUT2D eigenvalue weighted by Crippen LogP contribution is -2.52. The third kappa shape index (κ3) is 3.40. The Labute approximate surface area is 103 Å². The van der Waals surface area contributed by atoms with E-state index in [2.05, 4.69) is 4.90 Å². The number of aliphatic hydroxyl groups is 1. The van der Waals surface area contributed by atoms with Gasteiger partial charge in [0.1, 0.15) is 0 Å².